The minimum Gasteiger partial charge on any atom is -0.351 e. The van der Waals surface area contributed by atoms with Gasteiger partial charge in [0.25, 0.3) is 5.91 Å². The highest BCUT2D eigenvalue weighted by molar-refractivity contribution is 5.85. The summed E-state index contributed by atoms with van der Waals surface area (Å²) in [6, 6.07) is -0.00655. The Labute approximate surface area is 79.9 Å². The molecule has 0 fully saturated rings. The monoisotopic (exact) mass is 189 g/mol. The third kappa shape index (κ3) is 2.98. The maximum atomic E-state index is 14.0. The lowest BCUT2D eigenvalue weighted by atomic mass is 9.88. The van der Waals surface area contributed by atoms with Crippen LogP contribution in [-0.4, -0.2) is 17.6 Å². The molecule has 2 nitrogen and oxygen atoms in total. The summed E-state index contributed by atoms with van der Waals surface area (Å²) in [5.41, 5.74) is -1.72. The molecule has 0 bridgehead atoms. The molecule has 0 saturated heterocycles. The molecule has 0 spiro atoms. The summed E-state index contributed by atoms with van der Waals surface area (Å²) in [6.07, 6.45) is 0.225. The molecule has 1 amide bonds. The summed E-state index contributed by atoms with van der Waals surface area (Å²) in [5.74, 6) is -0.767. The van der Waals surface area contributed by atoms with Crippen LogP contribution in [0.2, 0.25) is 0 Å². The summed E-state index contributed by atoms with van der Waals surface area (Å²) in [7, 11) is 0. The molecule has 13 heavy (non-hydrogen) atoms. The van der Waals surface area contributed by atoms with E-state index in [2.05, 4.69) is 5.32 Å². The zero-order valence-electron chi connectivity index (χ0n) is 9.15. The van der Waals surface area contributed by atoms with Gasteiger partial charge in [0, 0.05) is 6.04 Å². The van der Waals surface area contributed by atoms with Gasteiger partial charge < -0.3 is 5.32 Å². The number of amides is 1. The maximum absolute atomic E-state index is 14.0. The first kappa shape index (κ1) is 12.4. The zero-order valence-corrected chi connectivity index (χ0v) is 9.15. The quantitative estimate of drug-likeness (QED) is 0.722. The Balaban J connectivity index is 4.48. The molecule has 3 heteroatoms. The van der Waals surface area contributed by atoms with E-state index in [-0.39, 0.29) is 18.4 Å². The Morgan fingerprint density at radius 1 is 1.38 bits per heavy atom. The van der Waals surface area contributed by atoms with Gasteiger partial charge in [0.05, 0.1) is 0 Å². The van der Waals surface area contributed by atoms with E-state index in [0.29, 0.717) is 0 Å². The second kappa shape index (κ2) is 4.58. The lowest BCUT2D eigenvalue weighted by Crippen LogP contribution is -2.48. The van der Waals surface area contributed by atoms with Crippen molar-refractivity contribution in [3.05, 3.63) is 0 Å². The molecule has 0 aliphatic rings. The molecule has 0 aliphatic carbocycles. The van der Waals surface area contributed by atoms with Crippen molar-refractivity contribution in [3.63, 3.8) is 0 Å². The molecule has 1 N–H and O–H groups in total. The van der Waals surface area contributed by atoms with Crippen LogP contribution in [-0.2, 0) is 4.79 Å². The highest BCUT2D eigenvalue weighted by atomic mass is 19.1. The van der Waals surface area contributed by atoms with Crippen LogP contribution >= 0.6 is 0 Å². The summed E-state index contributed by atoms with van der Waals surface area (Å²) >= 11 is 0. The van der Waals surface area contributed by atoms with E-state index in [9.17, 15) is 9.18 Å². The third-order valence-corrected chi connectivity index (χ3v) is 2.23. The number of rotatable bonds is 4. The van der Waals surface area contributed by atoms with Crippen molar-refractivity contribution in [1.29, 1.82) is 0 Å². The van der Waals surface area contributed by atoms with E-state index in [4.69, 9.17) is 0 Å². The number of halogens is 1. The van der Waals surface area contributed by atoms with Crippen LogP contribution in [0.4, 0.5) is 4.39 Å². The molecule has 1 atom stereocenters. The van der Waals surface area contributed by atoms with Crippen LogP contribution in [0.1, 0.15) is 41.0 Å². The van der Waals surface area contributed by atoms with Gasteiger partial charge in [0.15, 0.2) is 5.67 Å². The molecule has 0 heterocycles. The van der Waals surface area contributed by atoms with Crippen molar-refractivity contribution < 1.29 is 9.18 Å². The standard InChI is InChI=1S/C10H20FNO/c1-6-10(11,7(2)3)9(13)12-8(4)5/h7-8H,6H2,1-5H3,(H,12,13)/t10-/m1/s1. The van der Waals surface area contributed by atoms with Crippen molar-refractivity contribution >= 4 is 5.91 Å². The molecule has 0 aromatic heterocycles. The van der Waals surface area contributed by atoms with Crippen molar-refractivity contribution in [2.75, 3.05) is 0 Å². The summed E-state index contributed by atoms with van der Waals surface area (Å²) < 4.78 is 14.0. The molecule has 0 aromatic rings. The summed E-state index contributed by atoms with van der Waals surface area (Å²) in [6.45, 7) is 8.80. The Hall–Kier alpha value is -0.600. The van der Waals surface area contributed by atoms with Gasteiger partial charge in [-0.15, -0.1) is 0 Å². The van der Waals surface area contributed by atoms with E-state index < -0.39 is 11.6 Å². The molecule has 0 radical (unpaired) electrons. The van der Waals surface area contributed by atoms with Crippen molar-refractivity contribution in [2.45, 2.75) is 52.8 Å². The largest absolute Gasteiger partial charge is 0.351 e. The number of nitrogens with one attached hydrogen (secondary N) is 1. The summed E-state index contributed by atoms with van der Waals surface area (Å²) in [5, 5.41) is 2.60. The van der Waals surface area contributed by atoms with Gasteiger partial charge in [0.1, 0.15) is 0 Å². The Bertz CT molecular complexity index is 180. The normalized spacial score (nSPS) is 16.0. The van der Waals surface area contributed by atoms with E-state index in [1.54, 1.807) is 20.8 Å². The van der Waals surface area contributed by atoms with Crippen LogP contribution in [0.5, 0.6) is 0 Å². The number of alkyl halides is 1. The van der Waals surface area contributed by atoms with E-state index in [0.717, 1.165) is 0 Å². The number of carbonyl (C=O) groups is 1. The first-order valence-electron chi connectivity index (χ1n) is 4.84. The number of carbonyl (C=O) groups excluding carboxylic acids is 1. The fourth-order valence-electron chi connectivity index (χ4n) is 1.21. The third-order valence-electron chi connectivity index (χ3n) is 2.23. The van der Waals surface area contributed by atoms with Gasteiger partial charge in [-0.1, -0.05) is 20.8 Å². The topological polar surface area (TPSA) is 29.1 Å². The fourth-order valence-corrected chi connectivity index (χ4v) is 1.21. The van der Waals surface area contributed by atoms with Crippen molar-refractivity contribution in [2.24, 2.45) is 5.92 Å². The lowest BCUT2D eigenvalue weighted by molar-refractivity contribution is -0.136. The van der Waals surface area contributed by atoms with Gasteiger partial charge in [0.2, 0.25) is 0 Å². The molecular formula is C10H20FNO. The van der Waals surface area contributed by atoms with Gasteiger partial charge in [-0.2, -0.15) is 0 Å². The molecule has 0 aromatic carbocycles. The Morgan fingerprint density at radius 3 is 2.08 bits per heavy atom. The van der Waals surface area contributed by atoms with Crippen LogP contribution in [0.15, 0.2) is 0 Å². The first-order chi connectivity index (χ1) is 5.84. The Kier molecular flexibility index (Phi) is 4.37. The van der Waals surface area contributed by atoms with E-state index in [1.807, 2.05) is 13.8 Å². The van der Waals surface area contributed by atoms with Gasteiger partial charge >= 0.3 is 0 Å². The molecule has 0 aliphatic heterocycles. The predicted molar refractivity (Wildman–Crippen MR) is 52.2 cm³/mol. The lowest BCUT2D eigenvalue weighted by Gasteiger charge is -2.27. The van der Waals surface area contributed by atoms with Crippen LogP contribution in [0.3, 0.4) is 0 Å². The summed E-state index contributed by atoms with van der Waals surface area (Å²) in [4.78, 5) is 11.5. The van der Waals surface area contributed by atoms with E-state index >= 15 is 0 Å². The highest BCUT2D eigenvalue weighted by Crippen LogP contribution is 2.26. The maximum Gasteiger partial charge on any atom is 0.258 e. The average molecular weight is 189 g/mol. The van der Waals surface area contributed by atoms with Crippen LogP contribution in [0.25, 0.3) is 0 Å². The second-order valence-corrected chi connectivity index (χ2v) is 4.00. The van der Waals surface area contributed by atoms with Gasteiger partial charge in [-0.25, -0.2) is 4.39 Å². The van der Waals surface area contributed by atoms with E-state index in [1.165, 1.54) is 0 Å². The zero-order chi connectivity index (χ0) is 10.6. The smallest absolute Gasteiger partial charge is 0.258 e. The fraction of sp³-hybridized carbons (Fsp3) is 0.900. The average Bonchev–Trinajstić information content (AvgIpc) is 2.01. The number of hydrogen-bond acceptors (Lipinski definition) is 1. The highest BCUT2D eigenvalue weighted by Gasteiger charge is 2.39. The molecule has 0 saturated carbocycles. The molecular weight excluding hydrogens is 169 g/mol. The van der Waals surface area contributed by atoms with Gasteiger partial charge in [-0.3, -0.25) is 4.79 Å². The van der Waals surface area contributed by atoms with Crippen LogP contribution in [0, 0.1) is 5.92 Å². The molecule has 0 unspecified atom stereocenters. The van der Waals surface area contributed by atoms with Crippen LogP contribution < -0.4 is 5.32 Å². The van der Waals surface area contributed by atoms with Crippen molar-refractivity contribution in [1.82, 2.24) is 5.32 Å². The molecule has 0 rings (SSSR count). The minimum atomic E-state index is -1.72. The number of hydrogen-bond donors (Lipinski definition) is 1. The molecule has 78 valence electrons. The van der Waals surface area contributed by atoms with Crippen molar-refractivity contribution in [3.8, 4) is 0 Å². The predicted octanol–water partition coefficient (Wildman–Crippen LogP) is 2.29. The first-order valence-corrected chi connectivity index (χ1v) is 4.84. The Morgan fingerprint density at radius 2 is 1.85 bits per heavy atom. The van der Waals surface area contributed by atoms with Gasteiger partial charge in [-0.05, 0) is 26.2 Å². The minimum absolute atomic E-state index is 0.00655. The SMILES string of the molecule is CC[C@](F)(C(=O)NC(C)C)C(C)C. The second-order valence-electron chi connectivity index (χ2n) is 4.00.